The summed E-state index contributed by atoms with van der Waals surface area (Å²) in [6.07, 6.45) is 0.929. The van der Waals surface area contributed by atoms with Crippen LogP contribution in [0.4, 0.5) is 4.39 Å². The zero-order valence-corrected chi connectivity index (χ0v) is 16.4. The highest BCUT2D eigenvalue weighted by atomic mass is 19.1. The Balaban J connectivity index is 1.58. The highest BCUT2D eigenvalue weighted by Crippen LogP contribution is 2.22. The first-order chi connectivity index (χ1) is 13.8. The molecule has 28 heavy (non-hydrogen) atoms. The zero-order valence-electron chi connectivity index (χ0n) is 16.4. The van der Waals surface area contributed by atoms with Crippen LogP contribution in [-0.2, 0) is 11.2 Å². The fraction of sp³-hybridized carbons (Fsp3) is 0.409. The molecule has 0 bridgehead atoms. The predicted octanol–water partition coefficient (Wildman–Crippen LogP) is 2.61. The molecule has 0 aromatic heterocycles. The summed E-state index contributed by atoms with van der Waals surface area (Å²) < 4.78 is 19.3. The number of nitrogens with zero attached hydrogens (tertiary/aromatic N) is 2. The van der Waals surface area contributed by atoms with Gasteiger partial charge in [-0.05, 0) is 29.7 Å². The Labute approximate surface area is 166 Å². The minimum absolute atomic E-state index is 0.0623. The van der Waals surface area contributed by atoms with Crippen LogP contribution >= 0.6 is 0 Å². The molecule has 0 spiro atoms. The van der Waals surface area contributed by atoms with Crippen molar-refractivity contribution < 1.29 is 9.13 Å². The van der Waals surface area contributed by atoms with Crippen molar-refractivity contribution in [2.45, 2.75) is 12.5 Å². The first kappa shape index (κ1) is 20.3. The van der Waals surface area contributed by atoms with E-state index in [9.17, 15) is 4.39 Å². The molecule has 6 heteroatoms. The molecule has 1 heterocycles. The number of hydrogen-bond donors (Lipinski definition) is 2. The molecule has 2 aromatic carbocycles. The smallest absolute Gasteiger partial charge is 0.191 e. The molecule has 0 amide bonds. The molecule has 5 nitrogen and oxygen atoms in total. The van der Waals surface area contributed by atoms with Crippen LogP contribution in [0.5, 0.6) is 0 Å². The third kappa shape index (κ3) is 6.04. The standard InChI is InChI=1S/C22H29FN4O/c1-24-22(25-11-10-18-6-3-2-4-7-18)26-17-21(27-12-14-28-15-13-27)19-8-5-9-20(23)16-19/h2-9,16,21H,10-15,17H2,1H3,(H2,24,25,26). The molecule has 0 aliphatic carbocycles. The summed E-state index contributed by atoms with van der Waals surface area (Å²) in [6, 6.07) is 17.3. The molecule has 1 aliphatic rings. The maximum Gasteiger partial charge on any atom is 0.191 e. The molecule has 1 saturated heterocycles. The van der Waals surface area contributed by atoms with Crippen LogP contribution in [0.3, 0.4) is 0 Å². The van der Waals surface area contributed by atoms with Gasteiger partial charge in [-0.3, -0.25) is 9.89 Å². The molecule has 3 rings (SSSR count). The van der Waals surface area contributed by atoms with Gasteiger partial charge in [-0.25, -0.2) is 4.39 Å². The summed E-state index contributed by atoms with van der Waals surface area (Å²) in [5, 5.41) is 6.77. The van der Waals surface area contributed by atoms with E-state index in [1.165, 1.54) is 11.6 Å². The Hall–Kier alpha value is -2.44. The molecule has 150 valence electrons. The van der Waals surface area contributed by atoms with Crippen LogP contribution in [0.25, 0.3) is 0 Å². The van der Waals surface area contributed by atoms with Crippen molar-refractivity contribution in [1.82, 2.24) is 15.5 Å². The molecular formula is C22H29FN4O. The first-order valence-electron chi connectivity index (χ1n) is 9.82. The van der Waals surface area contributed by atoms with Crippen molar-refractivity contribution in [3.63, 3.8) is 0 Å². The van der Waals surface area contributed by atoms with Crippen molar-refractivity contribution in [2.75, 3.05) is 46.4 Å². The minimum atomic E-state index is -0.207. The van der Waals surface area contributed by atoms with E-state index in [1.54, 1.807) is 19.2 Å². The van der Waals surface area contributed by atoms with Crippen molar-refractivity contribution in [3.8, 4) is 0 Å². The molecule has 1 aliphatic heterocycles. The number of morpholine rings is 1. The number of halogens is 1. The van der Waals surface area contributed by atoms with E-state index in [1.807, 2.05) is 24.3 Å². The van der Waals surface area contributed by atoms with Gasteiger partial charge in [0.25, 0.3) is 0 Å². The van der Waals surface area contributed by atoms with Crippen molar-refractivity contribution in [2.24, 2.45) is 4.99 Å². The van der Waals surface area contributed by atoms with E-state index in [2.05, 4.69) is 32.7 Å². The number of nitrogens with one attached hydrogen (secondary N) is 2. The molecule has 0 radical (unpaired) electrons. The topological polar surface area (TPSA) is 48.9 Å². The highest BCUT2D eigenvalue weighted by molar-refractivity contribution is 5.79. The van der Waals surface area contributed by atoms with Crippen LogP contribution in [0.2, 0.25) is 0 Å². The lowest BCUT2D eigenvalue weighted by Crippen LogP contribution is -2.46. The summed E-state index contributed by atoms with van der Waals surface area (Å²) in [6.45, 7) is 4.53. The largest absolute Gasteiger partial charge is 0.379 e. The highest BCUT2D eigenvalue weighted by Gasteiger charge is 2.23. The quantitative estimate of drug-likeness (QED) is 0.569. The van der Waals surface area contributed by atoms with E-state index >= 15 is 0 Å². The fourth-order valence-corrected chi connectivity index (χ4v) is 3.44. The van der Waals surface area contributed by atoms with Gasteiger partial charge in [-0.2, -0.15) is 0 Å². The zero-order chi connectivity index (χ0) is 19.6. The Morgan fingerprint density at radius 2 is 1.89 bits per heavy atom. The monoisotopic (exact) mass is 384 g/mol. The van der Waals surface area contributed by atoms with E-state index in [4.69, 9.17) is 4.74 Å². The second-order valence-corrected chi connectivity index (χ2v) is 6.83. The number of hydrogen-bond acceptors (Lipinski definition) is 3. The second-order valence-electron chi connectivity index (χ2n) is 6.83. The van der Waals surface area contributed by atoms with Crippen molar-refractivity contribution in [1.29, 1.82) is 0 Å². The third-order valence-corrected chi connectivity index (χ3v) is 4.96. The van der Waals surface area contributed by atoms with Gasteiger partial charge in [0.15, 0.2) is 5.96 Å². The first-order valence-corrected chi connectivity index (χ1v) is 9.82. The molecule has 1 unspecified atom stereocenters. The van der Waals surface area contributed by atoms with E-state index in [-0.39, 0.29) is 11.9 Å². The van der Waals surface area contributed by atoms with Crippen LogP contribution in [0.15, 0.2) is 59.6 Å². The summed E-state index contributed by atoms with van der Waals surface area (Å²) in [5.41, 5.74) is 2.26. The number of aliphatic imine (C=N–C) groups is 1. The molecule has 1 atom stereocenters. The average Bonchev–Trinajstić information content (AvgIpc) is 2.74. The maximum atomic E-state index is 13.8. The lowest BCUT2D eigenvalue weighted by atomic mass is 10.0. The van der Waals surface area contributed by atoms with Crippen LogP contribution in [0.1, 0.15) is 17.2 Å². The van der Waals surface area contributed by atoms with Crippen molar-refractivity contribution >= 4 is 5.96 Å². The molecule has 2 N–H and O–H groups in total. The van der Waals surface area contributed by atoms with Gasteiger partial charge in [-0.15, -0.1) is 0 Å². The predicted molar refractivity (Wildman–Crippen MR) is 111 cm³/mol. The Kier molecular flexibility index (Phi) is 7.82. The van der Waals surface area contributed by atoms with Gasteiger partial charge in [0.05, 0.1) is 19.3 Å². The molecule has 2 aromatic rings. The normalized spacial score (nSPS) is 16.6. The van der Waals surface area contributed by atoms with Gasteiger partial charge in [0, 0.05) is 33.2 Å². The van der Waals surface area contributed by atoms with Gasteiger partial charge >= 0.3 is 0 Å². The minimum Gasteiger partial charge on any atom is -0.379 e. The lowest BCUT2D eigenvalue weighted by molar-refractivity contribution is 0.0169. The number of rotatable bonds is 7. The van der Waals surface area contributed by atoms with Crippen molar-refractivity contribution in [3.05, 3.63) is 71.5 Å². The number of ether oxygens (including phenoxy) is 1. The summed E-state index contributed by atoms with van der Waals surface area (Å²) >= 11 is 0. The van der Waals surface area contributed by atoms with Gasteiger partial charge in [0.1, 0.15) is 5.82 Å². The van der Waals surface area contributed by atoms with E-state index < -0.39 is 0 Å². The maximum absolute atomic E-state index is 13.8. The van der Waals surface area contributed by atoms with Crippen LogP contribution in [0, 0.1) is 5.82 Å². The van der Waals surface area contributed by atoms with E-state index in [0.717, 1.165) is 37.6 Å². The number of benzene rings is 2. The summed E-state index contributed by atoms with van der Waals surface area (Å²) in [5.74, 6) is 0.548. The number of guanidine groups is 1. The molecule has 1 fully saturated rings. The second kappa shape index (κ2) is 10.8. The average molecular weight is 384 g/mol. The lowest BCUT2D eigenvalue weighted by Gasteiger charge is -2.35. The van der Waals surface area contributed by atoms with Gasteiger partial charge < -0.3 is 15.4 Å². The van der Waals surface area contributed by atoms with Crippen LogP contribution < -0.4 is 10.6 Å². The Bertz CT molecular complexity index is 747. The Morgan fingerprint density at radius 1 is 1.11 bits per heavy atom. The SMILES string of the molecule is CN=C(NCCc1ccccc1)NCC(c1cccc(F)c1)N1CCOCC1. The van der Waals surface area contributed by atoms with Gasteiger partial charge in [-0.1, -0.05) is 42.5 Å². The molecular weight excluding hydrogens is 355 g/mol. The Morgan fingerprint density at radius 3 is 2.61 bits per heavy atom. The fourth-order valence-electron chi connectivity index (χ4n) is 3.44. The van der Waals surface area contributed by atoms with E-state index in [0.29, 0.717) is 19.8 Å². The third-order valence-electron chi connectivity index (χ3n) is 4.96. The van der Waals surface area contributed by atoms with Gasteiger partial charge in [0.2, 0.25) is 0 Å². The van der Waals surface area contributed by atoms with Crippen LogP contribution in [-0.4, -0.2) is 57.3 Å². The molecule has 0 saturated carbocycles. The summed E-state index contributed by atoms with van der Waals surface area (Å²) in [4.78, 5) is 6.66. The summed E-state index contributed by atoms with van der Waals surface area (Å²) in [7, 11) is 1.77.